The molecule has 0 fully saturated rings. The molecule has 0 saturated heterocycles. The molecule has 3 aromatic rings. The summed E-state index contributed by atoms with van der Waals surface area (Å²) in [5.41, 5.74) is 1.96. The molecule has 0 bridgehead atoms. The van der Waals surface area contributed by atoms with Gasteiger partial charge in [-0.25, -0.2) is 4.98 Å². The molecule has 0 aliphatic rings. The van der Waals surface area contributed by atoms with Gasteiger partial charge in [-0.2, -0.15) is 0 Å². The first-order valence-corrected chi connectivity index (χ1v) is 12.4. The van der Waals surface area contributed by atoms with Crippen LogP contribution in [0.25, 0.3) is 10.2 Å². The number of aryl methyl sites for hydroxylation is 1. The van der Waals surface area contributed by atoms with Crippen LogP contribution in [0.2, 0.25) is 0 Å². The molecule has 0 N–H and O–H groups in total. The van der Waals surface area contributed by atoms with Crippen molar-refractivity contribution in [2.24, 2.45) is 0 Å². The van der Waals surface area contributed by atoms with Crippen molar-refractivity contribution >= 4 is 56.8 Å². The van der Waals surface area contributed by atoms with Gasteiger partial charge in [0.2, 0.25) is 5.91 Å². The van der Waals surface area contributed by atoms with Crippen molar-refractivity contribution in [1.29, 1.82) is 0 Å². The highest BCUT2D eigenvalue weighted by Gasteiger charge is 2.21. The first-order valence-electron chi connectivity index (χ1n) is 10.6. The quantitative estimate of drug-likeness (QED) is 0.251. The van der Waals surface area contributed by atoms with Crippen molar-refractivity contribution in [2.75, 3.05) is 52.1 Å². The molecule has 1 aromatic heterocycles. The Morgan fingerprint density at radius 3 is 2.42 bits per heavy atom. The van der Waals surface area contributed by atoms with Gasteiger partial charge in [0.25, 0.3) is 0 Å². The molecular weight excluding hydrogens is 478 g/mol. The number of hydrogen-bond donors (Lipinski definition) is 0. The molecule has 3 rings (SSSR count). The molecule has 0 atom stereocenters. The molecule has 180 valence electrons. The topological polar surface area (TPSA) is 54.9 Å². The number of ether oxygens (including phenoxy) is 2. The number of halogens is 1. The molecule has 1 heterocycles. The number of thioether (sulfide) groups is 1. The van der Waals surface area contributed by atoms with E-state index in [-0.39, 0.29) is 18.3 Å². The Labute approximate surface area is 210 Å². The van der Waals surface area contributed by atoms with Crippen LogP contribution < -0.4 is 14.4 Å². The SMILES string of the molecule is COc1ccc(SCCCC(=O)N(CCN(C)C)c2nc3c(OC)ccc(C)c3s2)cc1.Cl. The van der Waals surface area contributed by atoms with Crippen LogP contribution in [-0.2, 0) is 4.79 Å². The standard InChI is InChI=1S/C24H31N3O3S2.ClH/c1-17-8-13-20(30-5)22-23(17)32-24(25-22)27(15-14-26(2)3)21(28)7-6-16-31-19-11-9-18(29-4)10-12-19;/h8-13H,6-7,14-16H2,1-5H3;1H. The van der Waals surface area contributed by atoms with E-state index in [9.17, 15) is 4.79 Å². The van der Waals surface area contributed by atoms with E-state index in [4.69, 9.17) is 14.5 Å². The molecule has 0 saturated carbocycles. The first-order chi connectivity index (χ1) is 15.4. The number of nitrogens with zero attached hydrogens (tertiary/aromatic N) is 3. The summed E-state index contributed by atoms with van der Waals surface area (Å²) in [4.78, 5) is 23.1. The van der Waals surface area contributed by atoms with Gasteiger partial charge in [0.1, 0.15) is 17.0 Å². The zero-order valence-corrected chi connectivity index (χ0v) is 22.2. The molecule has 0 aliphatic heterocycles. The first kappa shape index (κ1) is 27.2. The van der Waals surface area contributed by atoms with Crippen molar-refractivity contribution in [3.8, 4) is 11.5 Å². The molecule has 0 aliphatic carbocycles. The van der Waals surface area contributed by atoms with E-state index in [0.717, 1.165) is 51.1 Å². The second kappa shape index (κ2) is 13.0. The summed E-state index contributed by atoms with van der Waals surface area (Å²) in [5, 5.41) is 0.738. The van der Waals surface area contributed by atoms with Crippen molar-refractivity contribution < 1.29 is 14.3 Å². The number of hydrogen-bond acceptors (Lipinski definition) is 7. The lowest BCUT2D eigenvalue weighted by Crippen LogP contribution is -2.36. The summed E-state index contributed by atoms with van der Waals surface area (Å²) in [5.74, 6) is 2.58. The van der Waals surface area contributed by atoms with Gasteiger partial charge >= 0.3 is 0 Å². The summed E-state index contributed by atoms with van der Waals surface area (Å²) in [6.45, 7) is 3.45. The van der Waals surface area contributed by atoms with Crippen molar-refractivity contribution in [1.82, 2.24) is 9.88 Å². The number of anilines is 1. The number of benzene rings is 2. The lowest BCUT2D eigenvalue weighted by molar-refractivity contribution is -0.118. The maximum absolute atomic E-state index is 13.2. The van der Waals surface area contributed by atoms with Gasteiger partial charge in [-0.1, -0.05) is 17.4 Å². The lowest BCUT2D eigenvalue weighted by atomic mass is 10.2. The van der Waals surface area contributed by atoms with Gasteiger partial charge in [0, 0.05) is 24.4 Å². The predicted molar refractivity (Wildman–Crippen MR) is 142 cm³/mol. The van der Waals surface area contributed by atoms with Crippen LogP contribution in [0.4, 0.5) is 5.13 Å². The largest absolute Gasteiger partial charge is 0.497 e. The Morgan fingerprint density at radius 1 is 1.06 bits per heavy atom. The minimum absolute atomic E-state index is 0. The Balaban J connectivity index is 0.00000385. The Hall–Kier alpha value is -2.00. The normalized spacial score (nSPS) is 10.8. The van der Waals surface area contributed by atoms with E-state index in [1.807, 2.05) is 55.4 Å². The average molecular weight is 510 g/mol. The van der Waals surface area contributed by atoms with Crippen molar-refractivity contribution in [2.45, 2.75) is 24.7 Å². The maximum Gasteiger partial charge on any atom is 0.228 e. The van der Waals surface area contributed by atoms with Gasteiger partial charge in [0.05, 0.1) is 18.9 Å². The number of thiazole rings is 1. The number of amides is 1. The van der Waals surface area contributed by atoms with Gasteiger partial charge < -0.3 is 14.4 Å². The molecule has 6 nitrogen and oxygen atoms in total. The molecular formula is C24H32ClN3O3S2. The molecule has 0 radical (unpaired) electrons. The zero-order valence-electron chi connectivity index (χ0n) is 19.8. The van der Waals surface area contributed by atoms with Crippen LogP contribution in [0.1, 0.15) is 18.4 Å². The molecule has 2 aromatic carbocycles. The molecule has 1 amide bonds. The van der Waals surface area contributed by atoms with E-state index >= 15 is 0 Å². The smallest absolute Gasteiger partial charge is 0.228 e. The maximum atomic E-state index is 13.2. The predicted octanol–water partition coefficient (Wildman–Crippen LogP) is 5.51. The monoisotopic (exact) mass is 509 g/mol. The summed E-state index contributed by atoms with van der Waals surface area (Å²) < 4.78 is 11.8. The third kappa shape index (κ3) is 7.24. The van der Waals surface area contributed by atoms with Gasteiger partial charge in [-0.15, -0.1) is 24.2 Å². The Bertz CT molecular complexity index is 1040. The lowest BCUT2D eigenvalue weighted by Gasteiger charge is -2.22. The van der Waals surface area contributed by atoms with Crippen LogP contribution in [0.3, 0.4) is 0 Å². The van der Waals surface area contributed by atoms with Crippen LogP contribution in [0.15, 0.2) is 41.3 Å². The van der Waals surface area contributed by atoms with E-state index in [0.29, 0.717) is 13.0 Å². The summed E-state index contributed by atoms with van der Waals surface area (Å²) >= 11 is 3.31. The number of methoxy groups -OCH3 is 2. The minimum atomic E-state index is 0. The van der Waals surface area contributed by atoms with Crippen LogP contribution in [0, 0.1) is 6.92 Å². The van der Waals surface area contributed by atoms with Gasteiger partial charge in [-0.05, 0) is 69.1 Å². The second-order valence-corrected chi connectivity index (χ2v) is 9.88. The summed E-state index contributed by atoms with van der Waals surface area (Å²) in [6.07, 6.45) is 1.30. The third-order valence-electron chi connectivity index (χ3n) is 5.08. The van der Waals surface area contributed by atoms with Crippen LogP contribution in [0.5, 0.6) is 11.5 Å². The number of likely N-dealkylation sites (N-methyl/N-ethyl adjacent to an activating group) is 1. The van der Waals surface area contributed by atoms with E-state index in [2.05, 4.69) is 11.8 Å². The van der Waals surface area contributed by atoms with Crippen molar-refractivity contribution in [3.63, 3.8) is 0 Å². The average Bonchev–Trinajstić information content (AvgIpc) is 3.23. The number of rotatable bonds is 11. The van der Waals surface area contributed by atoms with E-state index < -0.39 is 0 Å². The molecule has 33 heavy (non-hydrogen) atoms. The van der Waals surface area contributed by atoms with Crippen LogP contribution in [-0.4, -0.2) is 62.9 Å². The fourth-order valence-corrected chi connectivity index (χ4v) is 5.17. The number of fused-ring (bicyclic) bond motifs is 1. The summed E-state index contributed by atoms with van der Waals surface area (Å²) in [6, 6.07) is 12.0. The number of carbonyl (C=O) groups is 1. The second-order valence-electron chi connectivity index (χ2n) is 7.74. The Kier molecular flexibility index (Phi) is 10.8. The highest BCUT2D eigenvalue weighted by molar-refractivity contribution is 7.99. The highest BCUT2D eigenvalue weighted by Crippen LogP contribution is 2.36. The number of carbonyl (C=O) groups excluding carboxylic acids is 1. The van der Waals surface area contributed by atoms with E-state index in [1.54, 1.807) is 37.3 Å². The fraction of sp³-hybridized carbons (Fsp3) is 0.417. The van der Waals surface area contributed by atoms with Crippen molar-refractivity contribution in [3.05, 3.63) is 42.0 Å². The van der Waals surface area contributed by atoms with E-state index in [1.165, 1.54) is 4.90 Å². The Morgan fingerprint density at radius 2 is 1.79 bits per heavy atom. The zero-order chi connectivity index (χ0) is 23.1. The van der Waals surface area contributed by atoms with Crippen LogP contribution >= 0.6 is 35.5 Å². The molecule has 9 heteroatoms. The van der Waals surface area contributed by atoms with Gasteiger partial charge in [0.15, 0.2) is 5.13 Å². The third-order valence-corrected chi connectivity index (χ3v) is 7.39. The molecule has 0 unspecified atom stereocenters. The van der Waals surface area contributed by atoms with Gasteiger partial charge in [-0.3, -0.25) is 9.69 Å². The number of aromatic nitrogens is 1. The molecule has 0 spiro atoms. The minimum Gasteiger partial charge on any atom is -0.497 e. The highest BCUT2D eigenvalue weighted by atomic mass is 35.5. The summed E-state index contributed by atoms with van der Waals surface area (Å²) in [7, 11) is 7.34. The fourth-order valence-electron chi connectivity index (χ4n) is 3.23.